The molecule has 2 fully saturated rings. The minimum absolute atomic E-state index is 0.332. The summed E-state index contributed by atoms with van der Waals surface area (Å²) in [6.07, 6.45) is 9.66. The van der Waals surface area contributed by atoms with Crippen molar-refractivity contribution in [3.63, 3.8) is 0 Å². The quantitative estimate of drug-likeness (QED) is 0.631. The predicted molar refractivity (Wildman–Crippen MR) is 109 cm³/mol. The maximum absolute atomic E-state index is 2.80. The van der Waals surface area contributed by atoms with E-state index in [4.69, 9.17) is 0 Å². The van der Waals surface area contributed by atoms with Gasteiger partial charge in [-0.15, -0.1) is 0 Å². The van der Waals surface area contributed by atoms with Crippen LogP contribution in [-0.2, 0) is 0 Å². The number of likely N-dealkylation sites (tertiary alicyclic amines) is 1. The van der Waals surface area contributed by atoms with Crippen LogP contribution in [0.15, 0.2) is 11.6 Å². The Balaban J connectivity index is 1.51. The van der Waals surface area contributed by atoms with Gasteiger partial charge in [-0.05, 0) is 67.9 Å². The lowest BCUT2D eigenvalue weighted by atomic mass is 9.72. The van der Waals surface area contributed by atoms with Gasteiger partial charge in [0.1, 0.15) is 0 Å². The van der Waals surface area contributed by atoms with Crippen molar-refractivity contribution in [2.24, 2.45) is 22.7 Å². The van der Waals surface area contributed by atoms with E-state index in [1.807, 2.05) is 0 Å². The van der Waals surface area contributed by atoms with E-state index in [1.54, 1.807) is 5.57 Å². The molecule has 0 aromatic carbocycles. The second-order valence-corrected chi connectivity index (χ2v) is 10.9. The van der Waals surface area contributed by atoms with E-state index in [-0.39, 0.29) is 0 Å². The van der Waals surface area contributed by atoms with Crippen LogP contribution in [0.4, 0.5) is 0 Å². The third-order valence-corrected chi connectivity index (χ3v) is 7.19. The Hall–Kier alpha value is -0.340. The van der Waals surface area contributed by atoms with Gasteiger partial charge in [0.2, 0.25) is 0 Å². The Bertz CT molecular complexity index is 481. The van der Waals surface area contributed by atoms with Gasteiger partial charge in [0.25, 0.3) is 0 Å². The number of piperidine rings is 1. The van der Waals surface area contributed by atoms with Gasteiger partial charge in [0, 0.05) is 25.7 Å². The van der Waals surface area contributed by atoms with E-state index in [0.29, 0.717) is 16.7 Å². The summed E-state index contributed by atoms with van der Waals surface area (Å²) in [5.41, 5.74) is 2.47. The van der Waals surface area contributed by atoms with Gasteiger partial charge in [-0.1, -0.05) is 53.2 Å². The molecule has 1 saturated carbocycles. The molecule has 0 aromatic heterocycles. The zero-order valence-corrected chi connectivity index (χ0v) is 17.8. The lowest BCUT2D eigenvalue weighted by Gasteiger charge is -2.43. The molecule has 1 saturated heterocycles. The van der Waals surface area contributed by atoms with Gasteiger partial charge in [0.15, 0.2) is 0 Å². The van der Waals surface area contributed by atoms with Gasteiger partial charge < -0.3 is 4.90 Å². The van der Waals surface area contributed by atoms with E-state index in [9.17, 15) is 0 Å². The number of hydrogen-bond donors (Lipinski definition) is 0. The third-order valence-electron chi connectivity index (χ3n) is 7.19. The molecule has 3 rings (SSSR count). The molecule has 144 valence electrons. The van der Waals surface area contributed by atoms with Crippen LogP contribution in [0.2, 0.25) is 0 Å². The standard InChI is InChI=1S/C23H42N2/c1-18-16-24(14-11-21(18)22(2,3)4)15-12-23(5,6)19-8-7-13-25(17-19)20-9-10-20/h11,18-20H,7-10,12-17H2,1-6H3/t18?,19-/m0/s1. The highest BCUT2D eigenvalue weighted by molar-refractivity contribution is 5.17. The van der Waals surface area contributed by atoms with Crippen molar-refractivity contribution in [1.82, 2.24) is 9.80 Å². The summed E-state index contributed by atoms with van der Waals surface area (Å²) < 4.78 is 0. The zero-order chi connectivity index (χ0) is 18.2. The minimum Gasteiger partial charge on any atom is -0.300 e. The highest BCUT2D eigenvalue weighted by atomic mass is 15.2. The predicted octanol–water partition coefficient (Wildman–Crippen LogP) is 5.20. The number of rotatable bonds is 5. The van der Waals surface area contributed by atoms with Crippen molar-refractivity contribution in [3.8, 4) is 0 Å². The van der Waals surface area contributed by atoms with Crippen LogP contribution in [0.5, 0.6) is 0 Å². The summed E-state index contributed by atoms with van der Waals surface area (Å²) in [5.74, 6) is 1.60. The van der Waals surface area contributed by atoms with Crippen molar-refractivity contribution in [1.29, 1.82) is 0 Å². The van der Waals surface area contributed by atoms with Crippen LogP contribution >= 0.6 is 0 Å². The maximum Gasteiger partial charge on any atom is 0.0166 e. The Morgan fingerprint density at radius 3 is 2.36 bits per heavy atom. The first-order valence-electron chi connectivity index (χ1n) is 10.8. The molecule has 0 amide bonds. The molecule has 3 aliphatic rings. The molecule has 1 unspecified atom stereocenters. The fourth-order valence-corrected chi connectivity index (χ4v) is 5.28. The minimum atomic E-state index is 0.332. The second-order valence-electron chi connectivity index (χ2n) is 10.9. The molecule has 1 aliphatic carbocycles. The Labute approximate surface area is 157 Å². The average Bonchev–Trinajstić information content (AvgIpc) is 3.37. The van der Waals surface area contributed by atoms with Gasteiger partial charge in [-0.25, -0.2) is 0 Å². The van der Waals surface area contributed by atoms with E-state index in [0.717, 1.165) is 18.5 Å². The van der Waals surface area contributed by atoms with Crippen molar-refractivity contribution in [2.75, 3.05) is 32.7 Å². The lowest BCUT2D eigenvalue weighted by Crippen LogP contribution is -2.44. The van der Waals surface area contributed by atoms with Gasteiger partial charge in [-0.3, -0.25) is 4.90 Å². The monoisotopic (exact) mass is 346 g/mol. The first kappa shape index (κ1) is 19.4. The highest BCUT2D eigenvalue weighted by Crippen LogP contribution is 2.40. The first-order valence-corrected chi connectivity index (χ1v) is 10.8. The molecule has 0 N–H and O–H groups in total. The fraction of sp³-hybridized carbons (Fsp3) is 0.913. The van der Waals surface area contributed by atoms with E-state index in [2.05, 4.69) is 57.4 Å². The SMILES string of the molecule is CC1CN(CCC(C)(C)[C@H]2CCCN(C3CC3)C2)CC=C1C(C)(C)C. The average molecular weight is 347 g/mol. The van der Waals surface area contributed by atoms with Crippen molar-refractivity contribution in [2.45, 2.75) is 79.7 Å². The fourth-order valence-electron chi connectivity index (χ4n) is 5.28. The summed E-state index contributed by atoms with van der Waals surface area (Å²) in [6, 6.07) is 0.947. The first-order chi connectivity index (χ1) is 11.7. The molecule has 2 nitrogen and oxygen atoms in total. The molecule has 2 heterocycles. The molecule has 0 radical (unpaired) electrons. The van der Waals surface area contributed by atoms with Crippen LogP contribution in [0.3, 0.4) is 0 Å². The van der Waals surface area contributed by atoms with Crippen LogP contribution in [0.25, 0.3) is 0 Å². The molecule has 0 bridgehead atoms. The third kappa shape index (κ3) is 4.89. The molecular weight excluding hydrogens is 304 g/mol. The van der Waals surface area contributed by atoms with Crippen molar-refractivity contribution < 1.29 is 0 Å². The summed E-state index contributed by atoms with van der Waals surface area (Å²) in [5, 5.41) is 0. The van der Waals surface area contributed by atoms with Crippen molar-refractivity contribution in [3.05, 3.63) is 11.6 Å². The Morgan fingerprint density at radius 2 is 1.76 bits per heavy atom. The number of nitrogens with zero attached hydrogens (tertiary/aromatic N) is 2. The summed E-state index contributed by atoms with van der Waals surface area (Å²) in [7, 11) is 0. The molecule has 2 heteroatoms. The molecular formula is C23H42N2. The zero-order valence-electron chi connectivity index (χ0n) is 17.8. The summed E-state index contributed by atoms with van der Waals surface area (Å²) >= 11 is 0. The summed E-state index contributed by atoms with van der Waals surface area (Å²) in [4.78, 5) is 5.50. The van der Waals surface area contributed by atoms with E-state index in [1.165, 1.54) is 58.3 Å². The van der Waals surface area contributed by atoms with Gasteiger partial charge in [0.05, 0.1) is 0 Å². The van der Waals surface area contributed by atoms with Gasteiger partial charge >= 0.3 is 0 Å². The van der Waals surface area contributed by atoms with Gasteiger partial charge in [-0.2, -0.15) is 0 Å². The Morgan fingerprint density at radius 1 is 1.04 bits per heavy atom. The second kappa shape index (κ2) is 7.35. The molecule has 2 atom stereocenters. The van der Waals surface area contributed by atoms with Crippen LogP contribution in [0, 0.1) is 22.7 Å². The molecule has 25 heavy (non-hydrogen) atoms. The van der Waals surface area contributed by atoms with Crippen LogP contribution in [-0.4, -0.2) is 48.6 Å². The number of hydrogen-bond acceptors (Lipinski definition) is 2. The summed E-state index contributed by atoms with van der Waals surface area (Å²) in [6.45, 7) is 21.0. The van der Waals surface area contributed by atoms with Crippen LogP contribution < -0.4 is 0 Å². The smallest absolute Gasteiger partial charge is 0.0166 e. The lowest BCUT2D eigenvalue weighted by molar-refractivity contribution is 0.0672. The maximum atomic E-state index is 2.80. The molecule has 0 aromatic rings. The normalized spacial score (nSPS) is 30.4. The van der Waals surface area contributed by atoms with Crippen LogP contribution in [0.1, 0.15) is 73.6 Å². The van der Waals surface area contributed by atoms with E-state index < -0.39 is 0 Å². The topological polar surface area (TPSA) is 6.48 Å². The Kier molecular flexibility index (Phi) is 5.71. The van der Waals surface area contributed by atoms with E-state index >= 15 is 0 Å². The van der Waals surface area contributed by atoms with Crippen molar-refractivity contribution >= 4 is 0 Å². The highest BCUT2D eigenvalue weighted by Gasteiger charge is 2.38. The molecule has 2 aliphatic heterocycles. The molecule has 0 spiro atoms. The largest absolute Gasteiger partial charge is 0.300 e.